The number of thiazole rings is 1. The minimum absolute atomic E-state index is 0.186. The topological polar surface area (TPSA) is 88.5 Å². The van der Waals surface area contributed by atoms with Gasteiger partial charge in [0.1, 0.15) is 23.1 Å². The second-order valence-electron chi connectivity index (χ2n) is 2.48. The van der Waals surface area contributed by atoms with Crippen molar-refractivity contribution in [2.45, 2.75) is 0 Å². The molecule has 0 saturated carbocycles. The van der Waals surface area contributed by atoms with E-state index in [0.717, 1.165) is 0 Å². The van der Waals surface area contributed by atoms with Crippen molar-refractivity contribution in [3.8, 4) is 17.6 Å². The van der Waals surface area contributed by atoms with Gasteiger partial charge in [0, 0.05) is 5.38 Å². The van der Waals surface area contributed by atoms with Crippen LogP contribution in [0.2, 0.25) is 0 Å². The van der Waals surface area contributed by atoms with Gasteiger partial charge in [0.15, 0.2) is 5.82 Å². The minimum atomic E-state index is 0.186. The number of nitrogens with two attached hydrogens (primary N) is 1. The minimum Gasteiger partial charge on any atom is -0.382 e. The average molecular weight is 203 g/mol. The summed E-state index contributed by atoms with van der Waals surface area (Å²) in [4.78, 5) is 12.0. The standard InChI is InChI=1S/C8H5N5S/c9-1-5-2-11-8(13-7(5)10)6-3-14-4-12-6/h2-4H,(H2,10,11,13). The van der Waals surface area contributed by atoms with Crippen LogP contribution < -0.4 is 5.73 Å². The summed E-state index contributed by atoms with van der Waals surface area (Å²) in [6.45, 7) is 0. The van der Waals surface area contributed by atoms with E-state index in [0.29, 0.717) is 11.5 Å². The maximum Gasteiger partial charge on any atom is 0.181 e. The lowest BCUT2D eigenvalue weighted by Gasteiger charge is -1.97. The second kappa shape index (κ2) is 3.40. The molecule has 0 atom stereocenters. The van der Waals surface area contributed by atoms with Crippen molar-refractivity contribution < 1.29 is 0 Å². The fraction of sp³-hybridized carbons (Fsp3) is 0. The molecule has 2 rings (SSSR count). The van der Waals surface area contributed by atoms with Gasteiger partial charge in [0.25, 0.3) is 0 Å². The van der Waals surface area contributed by atoms with Crippen molar-refractivity contribution >= 4 is 17.2 Å². The summed E-state index contributed by atoms with van der Waals surface area (Å²) in [5, 5.41) is 10.4. The Kier molecular flexibility index (Phi) is 2.08. The maximum atomic E-state index is 8.62. The molecule has 14 heavy (non-hydrogen) atoms. The van der Waals surface area contributed by atoms with E-state index in [4.69, 9.17) is 11.0 Å². The van der Waals surface area contributed by atoms with Crippen molar-refractivity contribution in [1.29, 1.82) is 5.26 Å². The molecule has 6 heteroatoms. The fourth-order valence-electron chi connectivity index (χ4n) is 0.928. The zero-order valence-electron chi connectivity index (χ0n) is 7.01. The van der Waals surface area contributed by atoms with Crippen LogP contribution in [-0.2, 0) is 0 Å². The van der Waals surface area contributed by atoms with Crippen molar-refractivity contribution in [3.63, 3.8) is 0 Å². The van der Waals surface area contributed by atoms with Crippen molar-refractivity contribution in [2.24, 2.45) is 0 Å². The zero-order chi connectivity index (χ0) is 9.97. The van der Waals surface area contributed by atoms with E-state index >= 15 is 0 Å². The molecule has 0 spiro atoms. The molecular formula is C8H5N5S. The van der Waals surface area contributed by atoms with Crippen LogP contribution in [0.4, 0.5) is 5.82 Å². The van der Waals surface area contributed by atoms with E-state index < -0.39 is 0 Å². The molecule has 2 aromatic heterocycles. The molecular weight excluding hydrogens is 198 g/mol. The van der Waals surface area contributed by atoms with Crippen LogP contribution in [0.25, 0.3) is 11.5 Å². The zero-order valence-corrected chi connectivity index (χ0v) is 7.82. The average Bonchev–Trinajstić information content (AvgIpc) is 2.70. The molecule has 2 N–H and O–H groups in total. The van der Waals surface area contributed by atoms with Gasteiger partial charge in [-0.15, -0.1) is 11.3 Å². The van der Waals surface area contributed by atoms with Gasteiger partial charge < -0.3 is 5.73 Å². The van der Waals surface area contributed by atoms with Gasteiger partial charge in [-0.2, -0.15) is 5.26 Å². The highest BCUT2D eigenvalue weighted by molar-refractivity contribution is 7.07. The predicted molar refractivity (Wildman–Crippen MR) is 52.3 cm³/mol. The molecule has 0 aliphatic carbocycles. The number of rotatable bonds is 1. The highest BCUT2D eigenvalue weighted by Gasteiger charge is 2.06. The maximum absolute atomic E-state index is 8.62. The Hall–Kier alpha value is -2.00. The van der Waals surface area contributed by atoms with E-state index in [2.05, 4.69) is 15.0 Å². The van der Waals surface area contributed by atoms with Crippen molar-refractivity contribution in [2.75, 3.05) is 5.73 Å². The highest BCUT2D eigenvalue weighted by atomic mass is 32.1. The van der Waals surface area contributed by atoms with E-state index in [1.165, 1.54) is 17.5 Å². The smallest absolute Gasteiger partial charge is 0.181 e. The molecule has 0 aliphatic rings. The van der Waals surface area contributed by atoms with Gasteiger partial charge in [-0.3, -0.25) is 0 Å². The van der Waals surface area contributed by atoms with Crippen LogP contribution in [-0.4, -0.2) is 15.0 Å². The summed E-state index contributed by atoms with van der Waals surface area (Å²) < 4.78 is 0. The molecule has 5 nitrogen and oxygen atoms in total. The molecule has 0 bridgehead atoms. The molecule has 0 fully saturated rings. The Bertz CT molecular complexity index is 485. The summed E-state index contributed by atoms with van der Waals surface area (Å²) in [6, 6.07) is 1.90. The quantitative estimate of drug-likeness (QED) is 0.748. The molecule has 68 valence electrons. The first-order chi connectivity index (χ1) is 6.81. The van der Waals surface area contributed by atoms with Crippen LogP contribution >= 0.6 is 11.3 Å². The van der Waals surface area contributed by atoms with E-state index in [9.17, 15) is 0 Å². The lowest BCUT2D eigenvalue weighted by Crippen LogP contribution is -1.98. The first-order valence-corrected chi connectivity index (χ1v) is 4.66. The van der Waals surface area contributed by atoms with Gasteiger partial charge in [-0.1, -0.05) is 0 Å². The number of aromatic nitrogens is 3. The summed E-state index contributed by atoms with van der Waals surface area (Å²) in [5.41, 5.74) is 8.18. The van der Waals surface area contributed by atoms with Crippen molar-refractivity contribution in [3.05, 3.63) is 22.7 Å². The molecule has 0 amide bonds. The number of nitrogens with zero attached hydrogens (tertiary/aromatic N) is 4. The van der Waals surface area contributed by atoms with Crippen LogP contribution in [0, 0.1) is 11.3 Å². The summed E-state index contributed by atoms with van der Waals surface area (Å²) in [7, 11) is 0. The fourth-order valence-corrected chi connectivity index (χ4v) is 1.46. The lowest BCUT2D eigenvalue weighted by atomic mass is 10.3. The van der Waals surface area contributed by atoms with Crippen LogP contribution in [0.1, 0.15) is 5.56 Å². The van der Waals surface area contributed by atoms with E-state index in [1.807, 2.05) is 11.4 Å². The molecule has 0 saturated heterocycles. The number of nitriles is 1. The predicted octanol–water partition coefficient (Wildman–Crippen LogP) is 1.05. The highest BCUT2D eigenvalue weighted by Crippen LogP contribution is 2.16. The molecule has 0 radical (unpaired) electrons. The molecule has 0 aromatic carbocycles. The van der Waals surface area contributed by atoms with Gasteiger partial charge in [0.05, 0.1) is 11.7 Å². The molecule has 2 heterocycles. The monoisotopic (exact) mass is 203 g/mol. The number of anilines is 1. The number of hydrogen-bond acceptors (Lipinski definition) is 6. The Morgan fingerprint density at radius 2 is 2.29 bits per heavy atom. The number of nitrogen functional groups attached to an aromatic ring is 1. The lowest BCUT2D eigenvalue weighted by molar-refractivity contribution is 1.15. The SMILES string of the molecule is N#Cc1cnc(-c2cscn2)nc1N. The van der Waals surface area contributed by atoms with Crippen LogP contribution in [0.15, 0.2) is 17.1 Å². The van der Waals surface area contributed by atoms with Gasteiger partial charge in [-0.25, -0.2) is 15.0 Å². The molecule has 0 aliphatic heterocycles. The third-order valence-corrected chi connectivity index (χ3v) is 2.19. The Morgan fingerprint density at radius 1 is 1.43 bits per heavy atom. The third kappa shape index (κ3) is 1.41. The molecule has 0 unspecified atom stereocenters. The van der Waals surface area contributed by atoms with Gasteiger partial charge in [-0.05, 0) is 0 Å². The first-order valence-electron chi connectivity index (χ1n) is 3.72. The Labute approximate surface area is 83.9 Å². The summed E-state index contributed by atoms with van der Waals surface area (Å²) in [6.07, 6.45) is 1.40. The van der Waals surface area contributed by atoms with E-state index in [1.54, 1.807) is 5.51 Å². The first kappa shape index (κ1) is 8.59. The third-order valence-electron chi connectivity index (χ3n) is 1.60. The second-order valence-corrected chi connectivity index (χ2v) is 3.20. The Morgan fingerprint density at radius 3 is 2.86 bits per heavy atom. The Balaban J connectivity index is 2.49. The van der Waals surface area contributed by atoms with Gasteiger partial charge in [0.2, 0.25) is 0 Å². The summed E-state index contributed by atoms with van der Waals surface area (Å²) in [5.74, 6) is 0.633. The van der Waals surface area contributed by atoms with Gasteiger partial charge >= 0.3 is 0 Å². The van der Waals surface area contributed by atoms with Crippen LogP contribution in [0.3, 0.4) is 0 Å². The van der Waals surface area contributed by atoms with Crippen molar-refractivity contribution in [1.82, 2.24) is 15.0 Å². The summed E-state index contributed by atoms with van der Waals surface area (Å²) >= 11 is 1.45. The normalized spacial score (nSPS) is 9.64. The molecule has 2 aromatic rings. The van der Waals surface area contributed by atoms with E-state index in [-0.39, 0.29) is 11.4 Å². The number of hydrogen-bond donors (Lipinski definition) is 1. The van der Waals surface area contributed by atoms with Crippen LogP contribution in [0.5, 0.6) is 0 Å². The largest absolute Gasteiger partial charge is 0.382 e.